The van der Waals surface area contributed by atoms with Crippen molar-refractivity contribution in [3.63, 3.8) is 0 Å². The Balaban J connectivity index is 0.00000127. The van der Waals surface area contributed by atoms with Gasteiger partial charge in [-0.25, -0.2) is 0 Å². The molecule has 0 bridgehead atoms. The van der Waals surface area contributed by atoms with Gasteiger partial charge >= 0.3 is 26.2 Å². The van der Waals surface area contributed by atoms with Crippen molar-refractivity contribution in [3.05, 3.63) is 130 Å². The van der Waals surface area contributed by atoms with Gasteiger partial charge in [0.1, 0.15) is 0 Å². The summed E-state index contributed by atoms with van der Waals surface area (Å²) in [6.45, 7) is 9.27. The van der Waals surface area contributed by atoms with Crippen LogP contribution < -0.4 is 24.8 Å². The predicted octanol–water partition coefficient (Wildman–Crippen LogP) is 3.02. The molecule has 0 spiro atoms. The molecule has 3 heteroatoms. The van der Waals surface area contributed by atoms with E-state index in [1.165, 1.54) is 60.9 Å². The molecule has 0 aliphatic heterocycles. The molecule has 37 heavy (non-hydrogen) atoms. The molecular weight excluding hydrogens is 571 g/mol. The van der Waals surface area contributed by atoms with E-state index in [-0.39, 0.29) is 56.4 Å². The summed E-state index contributed by atoms with van der Waals surface area (Å²) in [6, 6.07) is 29.3. The van der Waals surface area contributed by atoms with Crippen LogP contribution in [-0.4, -0.2) is 0 Å². The third-order valence-corrected chi connectivity index (χ3v) is 7.81. The van der Waals surface area contributed by atoms with Crippen molar-refractivity contribution in [1.82, 2.24) is 0 Å². The number of hydrogen-bond donors (Lipinski definition) is 0. The standard InChI is InChI=1S/C34H32.2ClH.Zr/c1-22-18-26(34(2,3)4)21-31(22)30-17-16-29-28-15-8-6-11-25(28)20-32(29)33(30)19-24-13-9-12-23-10-5-7-14-27(23)24;;;/h5-18,21,31H,19-20H2,1-4H3;2*1H;/q;;;+2/p-2. The van der Waals surface area contributed by atoms with Gasteiger partial charge in [-0.2, -0.15) is 0 Å². The smallest absolute Gasteiger partial charge is 1.00 e. The first kappa shape index (κ1) is 29.6. The Morgan fingerprint density at radius 1 is 0.784 bits per heavy atom. The van der Waals surface area contributed by atoms with Gasteiger partial charge in [0.25, 0.3) is 0 Å². The van der Waals surface area contributed by atoms with Crippen molar-refractivity contribution >= 4 is 10.8 Å². The maximum absolute atomic E-state index is 2.52. The molecule has 0 saturated heterocycles. The second kappa shape index (κ2) is 11.4. The molecular formula is C34H32Cl2Zr. The van der Waals surface area contributed by atoms with Gasteiger partial charge in [0.15, 0.2) is 0 Å². The van der Waals surface area contributed by atoms with E-state index in [0.717, 1.165) is 12.8 Å². The van der Waals surface area contributed by atoms with Crippen molar-refractivity contribution in [2.45, 2.75) is 46.5 Å². The molecule has 0 N–H and O–H groups in total. The van der Waals surface area contributed by atoms with Gasteiger partial charge in [-0.3, -0.25) is 0 Å². The van der Waals surface area contributed by atoms with Crippen LogP contribution in [0, 0.1) is 5.41 Å². The fraction of sp³-hybridized carbons (Fsp3) is 0.235. The molecule has 0 fully saturated rings. The SMILES string of the molecule is CC1=CC(C(C)(C)C)=CC1c1ccc2c(c1Cc1cccc3ccccc13)Cc1ccccc1-2.[Cl-].[Cl-].[Zr+2]. The second-order valence-electron chi connectivity index (χ2n) is 11.0. The Hall–Kier alpha value is -1.92. The van der Waals surface area contributed by atoms with Gasteiger partial charge in [-0.1, -0.05) is 117 Å². The van der Waals surface area contributed by atoms with Gasteiger partial charge in [0.05, 0.1) is 0 Å². The summed E-state index contributed by atoms with van der Waals surface area (Å²) in [7, 11) is 0. The molecule has 4 aromatic rings. The van der Waals surface area contributed by atoms with Gasteiger partial charge in [0.2, 0.25) is 0 Å². The Bertz CT molecular complexity index is 1500. The largest absolute Gasteiger partial charge is 2.00 e. The summed E-state index contributed by atoms with van der Waals surface area (Å²) in [5.41, 5.74) is 13.3. The molecule has 6 rings (SSSR count). The van der Waals surface area contributed by atoms with Crippen LogP contribution in [0.15, 0.2) is 102 Å². The zero-order valence-electron chi connectivity index (χ0n) is 21.9. The Morgan fingerprint density at radius 2 is 1.49 bits per heavy atom. The summed E-state index contributed by atoms with van der Waals surface area (Å²) in [5, 5.41) is 2.69. The van der Waals surface area contributed by atoms with Crippen molar-refractivity contribution in [2.75, 3.05) is 0 Å². The van der Waals surface area contributed by atoms with Crippen LogP contribution in [-0.2, 0) is 39.0 Å². The Labute approximate surface area is 253 Å². The van der Waals surface area contributed by atoms with Gasteiger partial charge < -0.3 is 24.8 Å². The molecule has 0 amide bonds. The third kappa shape index (κ3) is 5.34. The molecule has 0 saturated carbocycles. The van der Waals surface area contributed by atoms with Crippen molar-refractivity contribution in [2.24, 2.45) is 5.41 Å². The monoisotopic (exact) mass is 600 g/mol. The number of allylic oxidation sites excluding steroid dienone is 4. The fourth-order valence-electron chi connectivity index (χ4n) is 5.93. The summed E-state index contributed by atoms with van der Waals surface area (Å²) >= 11 is 0. The van der Waals surface area contributed by atoms with Crippen molar-refractivity contribution < 1.29 is 51.0 Å². The first-order valence-electron chi connectivity index (χ1n) is 12.5. The van der Waals surface area contributed by atoms with Gasteiger partial charge in [-0.15, -0.1) is 0 Å². The number of fused-ring (bicyclic) bond motifs is 4. The first-order chi connectivity index (χ1) is 16.4. The van der Waals surface area contributed by atoms with Crippen LogP contribution in [0.3, 0.4) is 0 Å². The van der Waals surface area contributed by atoms with Crippen LogP contribution in [0.1, 0.15) is 61.4 Å². The van der Waals surface area contributed by atoms with Crippen LogP contribution in [0.5, 0.6) is 0 Å². The molecule has 0 heterocycles. The maximum Gasteiger partial charge on any atom is 2.00 e. The van der Waals surface area contributed by atoms with E-state index in [0.29, 0.717) is 5.92 Å². The van der Waals surface area contributed by atoms with E-state index in [1.54, 1.807) is 0 Å². The molecule has 0 radical (unpaired) electrons. The van der Waals surface area contributed by atoms with Gasteiger partial charge in [-0.05, 0) is 80.5 Å². The molecule has 186 valence electrons. The van der Waals surface area contributed by atoms with E-state index < -0.39 is 0 Å². The molecule has 4 aromatic carbocycles. The molecule has 2 aliphatic carbocycles. The summed E-state index contributed by atoms with van der Waals surface area (Å²) in [6.07, 6.45) is 6.95. The van der Waals surface area contributed by atoms with Crippen LogP contribution >= 0.6 is 0 Å². The van der Waals surface area contributed by atoms with E-state index >= 15 is 0 Å². The van der Waals surface area contributed by atoms with E-state index in [1.807, 2.05) is 0 Å². The van der Waals surface area contributed by atoms with Crippen LogP contribution in [0.25, 0.3) is 21.9 Å². The molecule has 2 aliphatic rings. The maximum atomic E-state index is 2.52. The van der Waals surface area contributed by atoms with Gasteiger partial charge in [0, 0.05) is 5.92 Å². The van der Waals surface area contributed by atoms with E-state index in [9.17, 15) is 0 Å². The van der Waals surface area contributed by atoms with E-state index in [2.05, 4.69) is 119 Å². The Morgan fingerprint density at radius 3 is 2.24 bits per heavy atom. The summed E-state index contributed by atoms with van der Waals surface area (Å²) in [5.74, 6) is 0.355. The summed E-state index contributed by atoms with van der Waals surface area (Å²) in [4.78, 5) is 0. The average molecular weight is 603 g/mol. The minimum absolute atomic E-state index is 0. The molecule has 0 aromatic heterocycles. The van der Waals surface area contributed by atoms with Crippen LogP contribution in [0.2, 0.25) is 0 Å². The third-order valence-electron chi connectivity index (χ3n) is 7.81. The fourth-order valence-corrected chi connectivity index (χ4v) is 5.93. The molecule has 0 nitrogen and oxygen atoms in total. The Kier molecular flexibility index (Phi) is 9.17. The predicted molar refractivity (Wildman–Crippen MR) is 145 cm³/mol. The normalized spacial score (nSPS) is 15.5. The van der Waals surface area contributed by atoms with Crippen molar-refractivity contribution in [1.29, 1.82) is 0 Å². The number of hydrogen-bond acceptors (Lipinski definition) is 0. The van der Waals surface area contributed by atoms with Crippen molar-refractivity contribution in [3.8, 4) is 11.1 Å². The summed E-state index contributed by atoms with van der Waals surface area (Å²) < 4.78 is 0. The molecule has 1 unspecified atom stereocenters. The first-order valence-corrected chi connectivity index (χ1v) is 12.5. The molecule has 1 atom stereocenters. The average Bonchev–Trinajstić information content (AvgIpc) is 3.40. The second-order valence-corrected chi connectivity index (χ2v) is 11.0. The number of rotatable bonds is 3. The topological polar surface area (TPSA) is 0 Å². The van der Waals surface area contributed by atoms with E-state index in [4.69, 9.17) is 0 Å². The number of halogens is 2. The minimum atomic E-state index is 0. The zero-order valence-corrected chi connectivity index (χ0v) is 25.9. The number of benzene rings is 4. The zero-order chi connectivity index (χ0) is 23.4. The van der Waals surface area contributed by atoms with Crippen LogP contribution in [0.4, 0.5) is 0 Å². The minimum Gasteiger partial charge on any atom is -1.00 e. The quantitative estimate of drug-likeness (QED) is 0.298.